The predicted octanol–water partition coefficient (Wildman–Crippen LogP) is 2.78. The average molecular weight is 325 g/mol. The van der Waals surface area contributed by atoms with Crippen LogP contribution in [0.4, 0.5) is 10.5 Å². The summed E-state index contributed by atoms with van der Waals surface area (Å²) in [7, 11) is 0. The largest absolute Gasteiger partial charge is 0.477 e. The van der Waals surface area contributed by atoms with Gasteiger partial charge in [0.1, 0.15) is 0 Å². The fourth-order valence-corrected chi connectivity index (χ4v) is 3.02. The van der Waals surface area contributed by atoms with Crippen molar-refractivity contribution in [2.45, 2.75) is 19.9 Å². The molecule has 1 aliphatic heterocycles. The molecular formula is C18H19N3O3. The van der Waals surface area contributed by atoms with Gasteiger partial charge < -0.3 is 10.0 Å². The first-order valence-electron chi connectivity index (χ1n) is 7.93. The van der Waals surface area contributed by atoms with Gasteiger partial charge in [0.15, 0.2) is 5.69 Å². The van der Waals surface area contributed by atoms with Crippen LogP contribution in [0.3, 0.4) is 0 Å². The molecule has 0 saturated heterocycles. The highest BCUT2D eigenvalue weighted by molar-refractivity contribution is 5.92. The molecule has 124 valence electrons. The highest BCUT2D eigenvalue weighted by Crippen LogP contribution is 2.24. The summed E-state index contributed by atoms with van der Waals surface area (Å²) in [6.07, 6.45) is 2.15. The van der Waals surface area contributed by atoms with Crippen LogP contribution in [0.25, 0.3) is 0 Å². The van der Waals surface area contributed by atoms with Gasteiger partial charge in [0.05, 0.1) is 6.54 Å². The van der Waals surface area contributed by atoms with Gasteiger partial charge in [0.2, 0.25) is 0 Å². The van der Waals surface area contributed by atoms with Crippen LogP contribution in [0, 0.1) is 0 Å². The quantitative estimate of drug-likeness (QED) is 0.942. The van der Waals surface area contributed by atoms with Crippen LogP contribution >= 0.6 is 0 Å². The third kappa shape index (κ3) is 2.95. The monoisotopic (exact) mass is 325 g/mol. The molecule has 2 aromatic rings. The summed E-state index contributed by atoms with van der Waals surface area (Å²) < 4.78 is 0. The van der Waals surface area contributed by atoms with Gasteiger partial charge >= 0.3 is 12.0 Å². The number of rotatable bonds is 3. The minimum atomic E-state index is -1.06. The molecule has 1 aromatic carbocycles. The lowest BCUT2D eigenvalue weighted by molar-refractivity contribution is 0.0687. The maximum absolute atomic E-state index is 12.9. The molecule has 0 radical (unpaired) electrons. The van der Waals surface area contributed by atoms with Gasteiger partial charge in [-0.1, -0.05) is 18.2 Å². The normalized spacial score (nSPS) is 13.3. The second kappa shape index (κ2) is 6.70. The Hall–Kier alpha value is -2.89. The molecule has 1 aliphatic rings. The molecule has 6 heteroatoms. The molecule has 0 aliphatic carbocycles. The molecule has 0 atom stereocenters. The van der Waals surface area contributed by atoms with E-state index in [9.17, 15) is 14.7 Å². The van der Waals surface area contributed by atoms with E-state index in [2.05, 4.69) is 4.98 Å². The highest BCUT2D eigenvalue weighted by Gasteiger charge is 2.28. The van der Waals surface area contributed by atoms with Gasteiger partial charge in [-0.05, 0) is 37.1 Å². The number of fused-ring (bicyclic) bond motifs is 1. The number of carboxylic acids is 1. The zero-order valence-corrected chi connectivity index (χ0v) is 13.5. The Balaban J connectivity index is 1.87. The molecule has 1 aromatic heterocycles. The molecule has 0 spiro atoms. The zero-order valence-electron chi connectivity index (χ0n) is 13.5. The summed E-state index contributed by atoms with van der Waals surface area (Å²) >= 11 is 0. The van der Waals surface area contributed by atoms with Gasteiger partial charge in [-0.15, -0.1) is 0 Å². The highest BCUT2D eigenvalue weighted by atomic mass is 16.4. The third-order valence-electron chi connectivity index (χ3n) is 4.24. The smallest absolute Gasteiger partial charge is 0.354 e. The van der Waals surface area contributed by atoms with Gasteiger partial charge in [-0.3, -0.25) is 4.90 Å². The van der Waals surface area contributed by atoms with Crippen LogP contribution in [-0.2, 0) is 13.0 Å². The number of hydrogen-bond donors (Lipinski definition) is 1. The fourth-order valence-electron chi connectivity index (χ4n) is 3.02. The molecule has 0 saturated carbocycles. The Morgan fingerprint density at radius 2 is 2.00 bits per heavy atom. The SMILES string of the molecule is CCN(C(=O)N1CCc2ccnc(C(=O)O)c2C1)c1ccccc1. The fraction of sp³-hybridized carbons (Fsp3) is 0.278. The lowest BCUT2D eigenvalue weighted by Gasteiger charge is -2.33. The van der Waals surface area contributed by atoms with Crippen molar-refractivity contribution in [1.82, 2.24) is 9.88 Å². The minimum absolute atomic E-state index is 0.0350. The maximum Gasteiger partial charge on any atom is 0.354 e. The molecule has 0 unspecified atom stereocenters. The van der Waals surface area contributed by atoms with E-state index in [0.717, 1.165) is 11.3 Å². The van der Waals surface area contributed by atoms with E-state index in [-0.39, 0.29) is 18.3 Å². The van der Waals surface area contributed by atoms with Crippen LogP contribution in [0.1, 0.15) is 28.5 Å². The molecule has 6 nitrogen and oxygen atoms in total. The van der Waals surface area contributed by atoms with E-state index >= 15 is 0 Å². The number of aromatic carboxylic acids is 1. The lowest BCUT2D eigenvalue weighted by Crippen LogP contribution is -2.46. The first kappa shape index (κ1) is 16.0. The van der Waals surface area contributed by atoms with Gasteiger partial charge in [-0.25, -0.2) is 14.6 Å². The number of urea groups is 1. The first-order valence-corrected chi connectivity index (χ1v) is 7.93. The number of pyridine rings is 1. The number of carboxylic acid groups (broad SMARTS) is 1. The molecule has 2 amide bonds. The van der Waals surface area contributed by atoms with Crippen molar-refractivity contribution in [3.8, 4) is 0 Å². The molecule has 0 fully saturated rings. The van der Waals surface area contributed by atoms with Crippen LogP contribution < -0.4 is 4.90 Å². The van der Waals surface area contributed by atoms with E-state index in [1.54, 1.807) is 9.80 Å². The average Bonchev–Trinajstić information content (AvgIpc) is 2.62. The molecule has 3 rings (SSSR count). The lowest BCUT2D eigenvalue weighted by atomic mass is 9.99. The molecule has 1 N–H and O–H groups in total. The second-order valence-electron chi connectivity index (χ2n) is 5.64. The molecule has 24 heavy (non-hydrogen) atoms. The van der Waals surface area contributed by atoms with E-state index in [4.69, 9.17) is 0 Å². The van der Waals surface area contributed by atoms with Gasteiger partial charge in [0.25, 0.3) is 0 Å². The predicted molar refractivity (Wildman–Crippen MR) is 90.2 cm³/mol. The summed E-state index contributed by atoms with van der Waals surface area (Å²) in [6.45, 7) is 3.31. The molecule has 0 bridgehead atoms. The summed E-state index contributed by atoms with van der Waals surface area (Å²) in [5.74, 6) is -1.06. The van der Waals surface area contributed by atoms with Crippen LogP contribution in [0.15, 0.2) is 42.6 Å². The van der Waals surface area contributed by atoms with Crippen molar-refractivity contribution < 1.29 is 14.7 Å². The summed E-state index contributed by atoms with van der Waals surface area (Å²) in [5.41, 5.74) is 2.45. The number of carbonyl (C=O) groups is 2. The van der Waals surface area contributed by atoms with Crippen molar-refractivity contribution in [3.05, 3.63) is 59.4 Å². The van der Waals surface area contributed by atoms with Crippen molar-refractivity contribution in [2.75, 3.05) is 18.0 Å². The van der Waals surface area contributed by atoms with Crippen LogP contribution in [0.2, 0.25) is 0 Å². The number of para-hydroxylation sites is 1. The Kier molecular flexibility index (Phi) is 4.46. The van der Waals surface area contributed by atoms with E-state index in [0.29, 0.717) is 25.1 Å². The number of benzene rings is 1. The van der Waals surface area contributed by atoms with Crippen LogP contribution in [-0.4, -0.2) is 40.1 Å². The molecular weight excluding hydrogens is 306 g/mol. The Labute approximate surface area is 140 Å². The number of nitrogens with zero attached hydrogens (tertiary/aromatic N) is 3. The Morgan fingerprint density at radius 3 is 2.67 bits per heavy atom. The molecule has 2 heterocycles. The van der Waals surface area contributed by atoms with Crippen molar-refractivity contribution in [1.29, 1.82) is 0 Å². The summed E-state index contributed by atoms with van der Waals surface area (Å²) in [4.78, 5) is 31.6. The Bertz CT molecular complexity index is 761. The maximum atomic E-state index is 12.9. The second-order valence-corrected chi connectivity index (χ2v) is 5.64. The van der Waals surface area contributed by atoms with E-state index in [1.807, 2.05) is 43.3 Å². The Morgan fingerprint density at radius 1 is 1.25 bits per heavy atom. The van der Waals surface area contributed by atoms with Crippen molar-refractivity contribution >= 4 is 17.7 Å². The van der Waals surface area contributed by atoms with Crippen LogP contribution in [0.5, 0.6) is 0 Å². The number of aromatic nitrogens is 1. The number of hydrogen-bond acceptors (Lipinski definition) is 3. The number of carbonyl (C=O) groups excluding carboxylic acids is 1. The van der Waals surface area contributed by atoms with Crippen molar-refractivity contribution in [2.24, 2.45) is 0 Å². The van der Waals surface area contributed by atoms with E-state index in [1.165, 1.54) is 6.20 Å². The minimum Gasteiger partial charge on any atom is -0.477 e. The topological polar surface area (TPSA) is 73.7 Å². The first-order chi connectivity index (χ1) is 11.6. The van der Waals surface area contributed by atoms with Crippen molar-refractivity contribution in [3.63, 3.8) is 0 Å². The standard InChI is InChI=1S/C18H19N3O3/c1-2-21(14-6-4-3-5-7-14)18(24)20-11-9-13-8-10-19-16(17(22)23)15(13)12-20/h3-8,10H,2,9,11-12H2,1H3,(H,22,23). The summed E-state index contributed by atoms with van der Waals surface area (Å²) in [5, 5.41) is 9.32. The zero-order chi connectivity index (χ0) is 17.1. The third-order valence-corrected chi connectivity index (χ3v) is 4.24. The summed E-state index contributed by atoms with van der Waals surface area (Å²) in [6, 6.07) is 11.2. The van der Waals surface area contributed by atoms with Gasteiger partial charge in [-0.2, -0.15) is 0 Å². The van der Waals surface area contributed by atoms with Gasteiger partial charge in [0, 0.05) is 30.5 Å². The number of amides is 2. The number of anilines is 1. The van der Waals surface area contributed by atoms with E-state index < -0.39 is 5.97 Å².